The molecular formula is C17H10Br2F2O3. The Bertz CT molecular complexity index is 1010. The smallest absolute Gasteiger partial charge is 0.302 e. The zero-order valence-electron chi connectivity index (χ0n) is 13.2. The first-order valence-electron chi connectivity index (χ1n) is 7.24. The second kappa shape index (κ2) is 5.97. The Morgan fingerprint density at radius 3 is 2.62 bits per heavy atom. The molecule has 0 fully saturated rings. The number of halogens is 4. The van der Waals surface area contributed by atoms with E-state index in [9.17, 15) is 18.7 Å². The second-order valence-electron chi connectivity index (χ2n) is 5.21. The van der Waals surface area contributed by atoms with Gasteiger partial charge in [-0.2, -0.15) is 8.78 Å². The van der Waals surface area contributed by atoms with Crippen molar-refractivity contribution in [2.24, 2.45) is 0 Å². The maximum atomic E-state index is 14.0. The fourth-order valence-corrected chi connectivity index (χ4v) is 3.23. The summed E-state index contributed by atoms with van der Waals surface area (Å²) in [6.45, 7) is 0.644. The quantitative estimate of drug-likeness (QED) is 0.487. The van der Waals surface area contributed by atoms with Gasteiger partial charge in [-0.1, -0.05) is 18.2 Å². The summed E-state index contributed by atoms with van der Waals surface area (Å²) in [6, 6.07) is 6.79. The normalized spacial score (nSPS) is 12.5. The summed E-state index contributed by atoms with van der Waals surface area (Å²) < 4.78 is 41.3. The molecule has 1 heterocycles. The second-order valence-corrected chi connectivity index (χ2v) is 6.79. The molecule has 0 bridgehead atoms. The Labute approximate surface area is 153 Å². The van der Waals surface area contributed by atoms with Crippen LogP contribution >= 0.6 is 31.9 Å². The van der Waals surface area contributed by atoms with Gasteiger partial charge in [0.1, 0.15) is 11.3 Å². The van der Waals surface area contributed by atoms with Crippen LogP contribution in [0.5, 0.6) is 5.75 Å². The molecule has 124 valence electrons. The van der Waals surface area contributed by atoms with Gasteiger partial charge in [0.25, 0.3) is 0 Å². The number of ketones is 1. The van der Waals surface area contributed by atoms with Crippen molar-refractivity contribution in [3.63, 3.8) is 0 Å². The van der Waals surface area contributed by atoms with Crippen molar-refractivity contribution in [1.29, 1.82) is 0 Å². The van der Waals surface area contributed by atoms with E-state index in [-0.39, 0.29) is 42.8 Å². The van der Waals surface area contributed by atoms with E-state index >= 15 is 0 Å². The average Bonchev–Trinajstić information content (AvgIpc) is 2.91. The van der Waals surface area contributed by atoms with Crippen LogP contribution in [0.1, 0.15) is 30.0 Å². The van der Waals surface area contributed by atoms with Crippen LogP contribution in [0.25, 0.3) is 11.0 Å². The number of benzene rings is 2. The Morgan fingerprint density at radius 1 is 1.25 bits per heavy atom. The number of alkyl halides is 2. The molecule has 0 saturated carbocycles. The molecule has 0 radical (unpaired) electrons. The lowest BCUT2D eigenvalue weighted by Crippen LogP contribution is -2.13. The minimum Gasteiger partial charge on any atom is -0.507 e. The highest BCUT2D eigenvalue weighted by molar-refractivity contribution is 9.13. The Kier molecular flexibility index (Phi) is 3.92. The summed E-state index contributed by atoms with van der Waals surface area (Å²) in [6.07, 6.45) is 0. The van der Waals surface area contributed by atoms with Crippen molar-refractivity contribution in [2.45, 2.75) is 12.8 Å². The third-order valence-corrected chi connectivity index (χ3v) is 5.63. The maximum absolute atomic E-state index is 14.0. The van der Waals surface area contributed by atoms with Crippen molar-refractivity contribution in [3.8, 4) is 5.75 Å². The van der Waals surface area contributed by atoms with E-state index in [1.807, 2.05) is 0 Å². The number of carbonyl (C=O) groups excluding carboxylic acids is 1. The molecular weight excluding hydrogens is 450 g/mol. The van der Waals surface area contributed by atoms with Crippen LogP contribution in [0, 0.1) is 0 Å². The Morgan fingerprint density at radius 2 is 1.96 bits per heavy atom. The van der Waals surface area contributed by atoms with Crippen LogP contribution in [-0.2, 0) is 5.92 Å². The molecule has 0 aliphatic heterocycles. The summed E-state index contributed by atoms with van der Waals surface area (Å²) in [5.41, 5.74) is -0.130. The lowest BCUT2D eigenvalue weighted by molar-refractivity contribution is -0.00469. The van der Waals surface area contributed by atoms with Gasteiger partial charge in [0, 0.05) is 22.3 Å². The summed E-state index contributed by atoms with van der Waals surface area (Å²) in [5.74, 6) is -4.91. The molecule has 3 rings (SSSR count). The zero-order valence-corrected chi connectivity index (χ0v) is 15.3. The molecule has 3 nitrogen and oxygen atoms in total. The number of rotatable bonds is 3. The lowest BCUT2D eigenvalue weighted by atomic mass is 9.98. The van der Waals surface area contributed by atoms with E-state index in [1.54, 1.807) is 0 Å². The highest BCUT2D eigenvalue weighted by atomic mass is 79.9. The third-order valence-electron chi connectivity index (χ3n) is 3.47. The van der Waals surface area contributed by atoms with Crippen LogP contribution < -0.4 is 0 Å². The van der Waals surface area contributed by atoms with Gasteiger partial charge < -0.3 is 9.52 Å². The van der Waals surface area contributed by atoms with Gasteiger partial charge in [-0.25, -0.2) is 0 Å². The zero-order chi connectivity index (χ0) is 18.5. The summed E-state index contributed by atoms with van der Waals surface area (Å²) >= 11 is 6.33. The summed E-state index contributed by atoms with van der Waals surface area (Å²) in [5, 5.41) is 9.88. The van der Waals surface area contributed by atoms with E-state index in [2.05, 4.69) is 31.9 Å². The molecule has 0 atom stereocenters. The van der Waals surface area contributed by atoms with Crippen molar-refractivity contribution < 1.29 is 24.5 Å². The number of fused-ring (bicyclic) bond motifs is 1. The molecule has 3 aromatic rings. The van der Waals surface area contributed by atoms with E-state index in [0.717, 1.165) is 0 Å². The number of para-hydroxylation sites is 1. The number of carbonyl (C=O) groups is 1. The van der Waals surface area contributed by atoms with E-state index < -0.39 is 17.5 Å². The van der Waals surface area contributed by atoms with E-state index in [1.165, 1.54) is 30.3 Å². The molecule has 2 aromatic carbocycles. The monoisotopic (exact) mass is 459 g/mol. The highest BCUT2D eigenvalue weighted by Crippen LogP contribution is 2.40. The molecule has 24 heavy (non-hydrogen) atoms. The minimum absolute atomic E-state index is 0.0429. The minimum atomic E-state index is -3.38. The molecule has 0 aliphatic rings. The van der Waals surface area contributed by atoms with Crippen molar-refractivity contribution in [2.75, 3.05) is 0 Å². The maximum Gasteiger partial charge on any atom is 0.302 e. The average molecular weight is 461 g/mol. The third kappa shape index (κ3) is 2.75. The van der Waals surface area contributed by atoms with Crippen LogP contribution in [0.3, 0.4) is 0 Å². The summed E-state index contributed by atoms with van der Waals surface area (Å²) in [4.78, 5) is 13.0. The number of furan rings is 1. The predicted octanol–water partition coefficient (Wildman–Crippen LogP) is 6.01. The Balaban J connectivity index is 2.31. The van der Waals surface area contributed by atoms with E-state index in [0.29, 0.717) is 6.92 Å². The highest BCUT2D eigenvalue weighted by Gasteiger charge is 2.37. The SMILES string of the molecule is [2H]c1ccc2c(C(=O)c3ccc(O)c(Br)c3Br)c(C(C)(F)F)oc2c1. The topological polar surface area (TPSA) is 50.4 Å². The summed E-state index contributed by atoms with van der Waals surface area (Å²) in [7, 11) is 0. The van der Waals surface area contributed by atoms with Crippen LogP contribution in [-0.4, -0.2) is 10.9 Å². The van der Waals surface area contributed by atoms with Crippen molar-refractivity contribution >= 4 is 48.6 Å². The molecule has 0 amide bonds. The predicted molar refractivity (Wildman–Crippen MR) is 92.7 cm³/mol. The van der Waals surface area contributed by atoms with Gasteiger partial charge in [0.15, 0.2) is 11.5 Å². The fourth-order valence-electron chi connectivity index (χ4n) is 2.37. The van der Waals surface area contributed by atoms with Gasteiger partial charge in [-0.05, 0) is 50.1 Å². The van der Waals surface area contributed by atoms with Gasteiger partial charge >= 0.3 is 5.92 Å². The molecule has 0 spiro atoms. The standard InChI is InChI=1S/C17H10Br2F2O3/c1-17(20,21)16-12(8-4-2-3-5-11(8)24-16)15(23)9-6-7-10(22)14(19)13(9)18/h2-7,22H,1H3/i3D. The number of aromatic hydroxyl groups is 1. The molecule has 0 aliphatic carbocycles. The lowest BCUT2D eigenvalue weighted by Gasteiger charge is -2.11. The van der Waals surface area contributed by atoms with Crippen LogP contribution in [0.4, 0.5) is 8.78 Å². The van der Waals surface area contributed by atoms with Crippen LogP contribution in [0.2, 0.25) is 0 Å². The molecule has 7 heteroatoms. The number of phenols is 1. The number of hydrogen-bond donors (Lipinski definition) is 1. The number of hydrogen-bond acceptors (Lipinski definition) is 3. The van der Waals surface area contributed by atoms with Crippen molar-refractivity contribution in [3.05, 3.63) is 62.2 Å². The molecule has 0 saturated heterocycles. The van der Waals surface area contributed by atoms with Gasteiger partial charge in [0.2, 0.25) is 0 Å². The first kappa shape index (κ1) is 15.8. The van der Waals surface area contributed by atoms with Crippen LogP contribution in [0.15, 0.2) is 49.7 Å². The largest absolute Gasteiger partial charge is 0.507 e. The fraction of sp³-hybridized carbons (Fsp3) is 0.118. The van der Waals surface area contributed by atoms with Gasteiger partial charge in [-0.3, -0.25) is 4.79 Å². The van der Waals surface area contributed by atoms with Gasteiger partial charge in [-0.15, -0.1) is 0 Å². The van der Waals surface area contributed by atoms with Crippen molar-refractivity contribution in [1.82, 2.24) is 0 Å². The molecule has 0 unspecified atom stereocenters. The van der Waals surface area contributed by atoms with E-state index in [4.69, 9.17) is 5.79 Å². The first-order chi connectivity index (χ1) is 11.6. The Hall–Kier alpha value is -1.73. The first-order valence-corrected chi connectivity index (χ1v) is 8.33. The number of phenolic OH excluding ortho intramolecular Hbond substituents is 1. The van der Waals surface area contributed by atoms with Gasteiger partial charge in [0.05, 0.1) is 11.4 Å². The molecule has 1 aromatic heterocycles. The molecule has 1 N–H and O–H groups in total.